The summed E-state index contributed by atoms with van der Waals surface area (Å²) in [7, 11) is 11.3. The van der Waals surface area contributed by atoms with Gasteiger partial charge in [0.05, 0.1) is 28.3 Å². The van der Waals surface area contributed by atoms with Crippen LogP contribution in [0.1, 0.15) is 243 Å². The smallest absolute Gasteiger partial charge is 0.313 e. The molecule has 8 aliphatic carbocycles. The van der Waals surface area contributed by atoms with E-state index in [1.54, 1.807) is 13.0 Å². The van der Waals surface area contributed by atoms with E-state index in [-0.39, 0.29) is 113 Å². The van der Waals surface area contributed by atoms with Gasteiger partial charge < -0.3 is 47.5 Å². The van der Waals surface area contributed by atoms with Crippen LogP contribution >= 0.6 is 11.8 Å². The van der Waals surface area contributed by atoms with Crippen LogP contribution in [0.3, 0.4) is 0 Å². The number of hydrogen-bond donors (Lipinski definition) is 2. The van der Waals surface area contributed by atoms with Crippen LogP contribution in [0.4, 0.5) is 0 Å². The van der Waals surface area contributed by atoms with Crippen LogP contribution in [0, 0.1) is 48.9 Å². The summed E-state index contributed by atoms with van der Waals surface area (Å²) in [5.74, 6) is -1.29. The highest BCUT2D eigenvalue weighted by Crippen LogP contribution is 2.68. The molecule has 2 N–H and O–H groups in total. The van der Waals surface area contributed by atoms with Gasteiger partial charge in [-0.2, -0.15) is 0 Å². The molecule has 2 fully saturated rings. The summed E-state index contributed by atoms with van der Waals surface area (Å²) in [5, 5.41) is 36.5. The fourth-order valence-corrected chi connectivity index (χ4v) is 24.7. The third-order valence-electron chi connectivity index (χ3n) is 30.0. The number of thioether (sulfide) groups is 1. The van der Waals surface area contributed by atoms with E-state index in [0.29, 0.717) is 60.6 Å². The van der Waals surface area contributed by atoms with Crippen molar-refractivity contribution in [1.29, 1.82) is 0 Å². The number of fused-ring (bicyclic) bond motifs is 11. The number of aryl methyl sites for hydroxylation is 2. The molecule has 0 spiro atoms. The maximum absolute atomic E-state index is 15.5. The van der Waals surface area contributed by atoms with E-state index in [1.165, 1.54) is 50.7 Å². The Kier molecular flexibility index (Phi) is 24.9. The first-order valence-electron chi connectivity index (χ1n) is 45.1. The Labute approximate surface area is 763 Å². The predicted octanol–water partition coefficient (Wildman–Crippen LogP) is 19.4. The third-order valence-corrected chi connectivity index (χ3v) is 31.6. The number of Topliss-reactive ketones (excluding diaryl/α,β-unsaturated/α-hetero) is 5. The van der Waals surface area contributed by atoms with Crippen molar-refractivity contribution in [2.24, 2.45) is 35.0 Å². The van der Waals surface area contributed by atoms with Gasteiger partial charge in [0.2, 0.25) is 17.3 Å². The van der Waals surface area contributed by atoms with Crippen molar-refractivity contribution in [3.63, 3.8) is 0 Å². The molecule has 9 aliphatic rings. The van der Waals surface area contributed by atoms with Crippen LogP contribution in [0.5, 0.6) is 23.4 Å². The Morgan fingerprint density at radius 2 is 0.838 bits per heavy atom. The second-order valence-corrected chi connectivity index (χ2v) is 39.1. The fourth-order valence-electron chi connectivity index (χ4n) is 23.0. The first-order chi connectivity index (χ1) is 62.4. The number of allylic oxidation sites excluding steroid dienone is 1. The lowest BCUT2D eigenvalue weighted by Crippen LogP contribution is -2.72. The Balaban J connectivity index is 0.000000127. The zero-order valence-electron chi connectivity index (χ0n) is 76.5. The number of aliphatic hydroxyl groups is 2. The maximum Gasteiger partial charge on any atom is 0.313 e. The van der Waals surface area contributed by atoms with E-state index in [2.05, 4.69) is 138 Å². The maximum atomic E-state index is 15.5. The van der Waals surface area contributed by atoms with E-state index in [4.69, 9.17) is 37.3 Å². The normalized spacial score (nSPS) is 28.6. The average molecular weight is 1770 g/mol. The number of hydrogen-bond acceptors (Lipinski definition) is 23. The molecule has 0 radical (unpaired) electrons. The van der Waals surface area contributed by atoms with Gasteiger partial charge in [-0.3, -0.25) is 43.5 Å². The molecule has 0 amide bonds. The van der Waals surface area contributed by atoms with Crippen molar-refractivity contribution >= 4 is 46.6 Å². The first kappa shape index (κ1) is 90.2. The number of aromatic nitrogens is 3. The second-order valence-electron chi connectivity index (χ2n) is 37.7. The number of esters is 1. The summed E-state index contributed by atoms with van der Waals surface area (Å²) >= 11 is 1.50. The summed E-state index contributed by atoms with van der Waals surface area (Å²) in [5.41, 5.74) is 9.58. The Bertz CT molecular complexity index is 6130. The van der Waals surface area contributed by atoms with Crippen LogP contribution in [-0.2, 0) is 45.5 Å². The van der Waals surface area contributed by atoms with E-state index < -0.39 is 74.5 Å². The lowest BCUT2D eigenvalue weighted by Gasteiger charge is -2.60. The molecule has 11 aromatic rings. The van der Waals surface area contributed by atoms with E-state index >= 15 is 4.79 Å². The number of ether oxygens (including phenoxy) is 5. The highest BCUT2D eigenvalue weighted by atomic mass is 32.2. The quantitative estimate of drug-likeness (QED) is 0.0633. The van der Waals surface area contributed by atoms with E-state index in [9.17, 15) is 34.2 Å². The molecular formula is C107H114N6O16S. The first-order valence-corrected chi connectivity index (χ1v) is 46.0. The van der Waals surface area contributed by atoms with Gasteiger partial charge in [0.15, 0.2) is 46.2 Å². The molecule has 674 valence electrons. The summed E-state index contributed by atoms with van der Waals surface area (Å²) in [6, 6.07) is 66.7. The average Bonchev–Trinajstić information content (AvgIpc) is 1.01. The van der Waals surface area contributed by atoms with Gasteiger partial charge in [-0.25, -0.2) is 0 Å². The number of ketones is 5. The van der Waals surface area contributed by atoms with Gasteiger partial charge in [0.1, 0.15) is 48.9 Å². The largest absolute Gasteiger partial charge is 0.489 e. The lowest BCUT2D eigenvalue weighted by molar-refractivity contribution is -0.163. The summed E-state index contributed by atoms with van der Waals surface area (Å²) < 4.78 is 46.1. The molecule has 8 aromatic carbocycles. The number of rotatable bonds is 17. The minimum absolute atomic E-state index is 0.00202. The number of carbonyl (C=O) groups is 6. The summed E-state index contributed by atoms with van der Waals surface area (Å²) in [6.45, 7) is 22.3. The van der Waals surface area contributed by atoms with E-state index in [0.717, 1.165) is 38.5 Å². The zero-order chi connectivity index (χ0) is 91.9. The van der Waals surface area contributed by atoms with Gasteiger partial charge >= 0.3 is 5.97 Å². The molecule has 130 heavy (non-hydrogen) atoms. The van der Waals surface area contributed by atoms with Crippen LogP contribution in [0.15, 0.2) is 236 Å². The third kappa shape index (κ3) is 15.2. The summed E-state index contributed by atoms with van der Waals surface area (Å²) in [4.78, 5) is 91.3. The molecule has 0 bridgehead atoms. The molecule has 4 heterocycles. The van der Waals surface area contributed by atoms with Crippen LogP contribution < -0.4 is 18.9 Å². The monoisotopic (exact) mass is 1770 g/mol. The molecule has 19 atom stereocenters. The second kappa shape index (κ2) is 35.9. The highest BCUT2D eigenvalue weighted by Gasteiger charge is 2.74. The standard InChI is InChI=1S/C37H38N2O5S.C32H36N2O5.C21H22N2O5.C17H18O/c1-21-13-12-18-26-22(2)27-19-28-31(39(4)5)32-30(34(38-44-32)43-20-24-14-8-6-9-15-24)33(40)36(28,42)35(41)37(27,23(3)29(21)26)45-25-16-10-7-11-17-25;1-17-11-10-14-21-18(2)23-15-22-26(34(5)6)29-25(30(33-39-29)37-16-20-12-8-7-9-13-20)27(35)28(22)38-31(36)32(23,4)19(3)24(17)21;1-12-9-10-14-16(23(2)3)17-15(19(25)21(14,26)18(12)24)20(22-28-17)27-11-13-7-5-4-6-8-13;1-12-13(2)17-15(12)9-6-10-16(17)18-11-14-7-4-3-5-8-14/h6-18,22-23,27-28,31,42H,19-20H2,1-5H3;7-14,18-19,22-23,26,28H,15-16H2,1-6H3;4-9,14,16,26H,10-11H2,1-3H3;3-10,12-13H,11H2,1-2H3/t22-,23+,27-,28-,31-,36+,37-;18-,19+,22-,23-,26-,28+,32+;14-,16-,21-;12-,13-/m0001/s1. The zero-order valence-corrected chi connectivity index (χ0v) is 77.3. The molecule has 1 aliphatic heterocycles. The Morgan fingerprint density at radius 3 is 1.32 bits per heavy atom. The molecular weight excluding hydrogens is 1660 g/mol. The van der Waals surface area contributed by atoms with Crippen molar-refractivity contribution in [1.82, 2.24) is 30.2 Å². The molecule has 20 rings (SSSR count). The molecule has 1 saturated heterocycles. The fraction of sp³-hybridized carbons (Fsp3) is 0.393. The molecule has 22 nitrogen and oxygen atoms in total. The SMILES string of the molecule is CC1=CC[C@H]2[C@H](N(C)C)c3onc(OCc4ccccc4)c3C(=O)[C@@]2(O)C1=O.C[C@H]1c2cccc(OCc3ccccc3)c2[C@@H]1C.Cc1cccc2c1[C@@H](C)[C@@]1(C)C(=O)O[C@H]3C(=O)c4c(OCc5ccccc5)noc4[C@@H](N(C)C)[C@@H]3C[C@H]1[C@H]2C.Cc1cccc2c1[C@@H](C)[C@@]1(Sc3ccccc3)C(=O)[C@]3(O)C(=O)c4c(OCc5ccccc5)noc4[C@@H](N(C)C)[C@@H]3C[C@H]1[C@H]2C. The van der Waals surface area contributed by atoms with Gasteiger partial charge in [0, 0.05) is 34.1 Å². The van der Waals surface area contributed by atoms with Gasteiger partial charge in [-0.05, 0) is 231 Å². The minimum atomic E-state index is -2.30. The van der Waals surface area contributed by atoms with Crippen molar-refractivity contribution in [3.8, 4) is 23.4 Å². The van der Waals surface area contributed by atoms with Gasteiger partial charge in [-0.1, -0.05) is 236 Å². The molecule has 3 aromatic heterocycles. The molecule has 0 unspecified atom stereocenters. The molecule has 1 saturated carbocycles. The van der Waals surface area contributed by atoms with E-state index in [1.807, 2.05) is 203 Å². The predicted molar refractivity (Wildman–Crippen MR) is 492 cm³/mol. The number of benzene rings is 8. The highest BCUT2D eigenvalue weighted by molar-refractivity contribution is 8.01. The van der Waals surface area contributed by atoms with Crippen LogP contribution in [-0.4, -0.2) is 140 Å². The van der Waals surface area contributed by atoms with Crippen molar-refractivity contribution < 1.29 is 76.2 Å². The number of nitrogens with zero attached hydrogens (tertiary/aromatic N) is 6. The van der Waals surface area contributed by atoms with Crippen molar-refractivity contribution in [2.75, 3.05) is 42.3 Å². The van der Waals surface area contributed by atoms with Crippen LogP contribution in [0.2, 0.25) is 0 Å². The summed E-state index contributed by atoms with van der Waals surface area (Å²) in [6.07, 6.45) is 2.33. The Morgan fingerprint density at radius 1 is 0.423 bits per heavy atom. The number of carbonyl (C=O) groups excluding carboxylic acids is 6. The molecule has 23 heteroatoms. The van der Waals surface area contributed by atoms with Gasteiger partial charge in [0.25, 0.3) is 17.6 Å². The van der Waals surface area contributed by atoms with Crippen molar-refractivity contribution in [3.05, 3.63) is 319 Å². The van der Waals surface area contributed by atoms with Crippen molar-refractivity contribution in [2.45, 2.75) is 196 Å². The topological polar surface area (TPSA) is 277 Å². The lowest BCUT2D eigenvalue weighted by atomic mass is 9.49. The van der Waals surface area contributed by atoms with Crippen LogP contribution in [0.25, 0.3) is 0 Å². The Hall–Kier alpha value is -11.7. The minimum Gasteiger partial charge on any atom is -0.489 e. The van der Waals surface area contributed by atoms with Gasteiger partial charge in [-0.15, -0.1) is 11.8 Å².